The highest BCUT2D eigenvalue weighted by molar-refractivity contribution is 9.11. The Balaban J connectivity index is 2.02. The first-order chi connectivity index (χ1) is 10.9. The van der Waals surface area contributed by atoms with Gasteiger partial charge in [0.15, 0.2) is 5.78 Å². The quantitative estimate of drug-likeness (QED) is 0.810. The van der Waals surface area contributed by atoms with Crippen molar-refractivity contribution in [1.82, 2.24) is 4.90 Å². The molecule has 120 valence electrons. The molecular weight excluding hydrogens is 354 g/mol. The standard InChI is InChI=1S/C19H20BrNO2/c1-11-4-6-14(7-5-11)16-9-17-15(13(3)22)8-18(19(16)23)21(17)10-12(2)20/h4-7,9,15,17-18H,2,8,10H2,1,3H3. The summed E-state index contributed by atoms with van der Waals surface area (Å²) >= 11 is 3.38. The molecule has 2 aliphatic heterocycles. The zero-order chi connectivity index (χ0) is 16.7. The summed E-state index contributed by atoms with van der Waals surface area (Å²) in [5, 5.41) is 0. The lowest BCUT2D eigenvalue weighted by Crippen LogP contribution is -2.45. The van der Waals surface area contributed by atoms with Crippen LogP contribution in [0, 0.1) is 12.8 Å². The van der Waals surface area contributed by atoms with E-state index in [-0.39, 0.29) is 29.6 Å². The Kier molecular flexibility index (Phi) is 4.39. The van der Waals surface area contributed by atoms with Gasteiger partial charge in [0, 0.05) is 28.6 Å². The van der Waals surface area contributed by atoms with Crippen molar-refractivity contribution >= 4 is 33.1 Å². The molecule has 0 spiro atoms. The Labute approximate surface area is 145 Å². The minimum atomic E-state index is -0.232. The van der Waals surface area contributed by atoms with E-state index in [0.29, 0.717) is 13.0 Å². The zero-order valence-electron chi connectivity index (χ0n) is 13.4. The molecule has 0 aliphatic carbocycles. The molecule has 2 aliphatic rings. The van der Waals surface area contributed by atoms with E-state index in [1.54, 1.807) is 6.92 Å². The average Bonchev–Trinajstić information content (AvgIpc) is 2.74. The maximum Gasteiger partial charge on any atom is 0.180 e. The second-order valence-corrected chi connectivity index (χ2v) is 7.58. The largest absolute Gasteiger partial charge is 0.300 e. The molecule has 0 saturated carbocycles. The zero-order valence-corrected chi connectivity index (χ0v) is 15.0. The second kappa shape index (κ2) is 6.17. The normalized spacial score (nSPS) is 27.0. The Morgan fingerprint density at radius 3 is 2.57 bits per heavy atom. The number of hydrogen-bond acceptors (Lipinski definition) is 3. The third-order valence-electron chi connectivity index (χ3n) is 4.82. The minimum Gasteiger partial charge on any atom is -0.300 e. The molecule has 1 fully saturated rings. The van der Waals surface area contributed by atoms with Crippen LogP contribution < -0.4 is 0 Å². The lowest BCUT2D eigenvalue weighted by molar-refractivity contribution is -0.121. The summed E-state index contributed by atoms with van der Waals surface area (Å²) in [6.07, 6.45) is 2.59. The third-order valence-corrected chi connectivity index (χ3v) is 5.07. The molecule has 1 saturated heterocycles. The van der Waals surface area contributed by atoms with Crippen LogP contribution in [-0.4, -0.2) is 35.1 Å². The number of benzene rings is 1. The number of ketones is 2. The van der Waals surface area contributed by atoms with Gasteiger partial charge in [-0.25, -0.2) is 0 Å². The molecular formula is C19H20BrNO2. The van der Waals surface area contributed by atoms with Crippen molar-refractivity contribution in [3.8, 4) is 0 Å². The lowest BCUT2D eigenvalue weighted by atomic mass is 9.92. The van der Waals surface area contributed by atoms with E-state index in [9.17, 15) is 9.59 Å². The molecule has 3 rings (SSSR count). The van der Waals surface area contributed by atoms with E-state index in [1.807, 2.05) is 37.3 Å². The molecule has 2 bridgehead atoms. The molecule has 2 heterocycles. The summed E-state index contributed by atoms with van der Waals surface area (Å²) in [7, 11) is 0. The van der Waals surface area contributed by atoms with Crippen LogP contribution in [0.5, 0.6) is 0 Å². The summed E-state index contributed by atoms with van der Waals surface area (Å²) in [5.74, 6) is 0.151. The summed E-state index contributed by atoms with van der Waals surface area (Å²) in [6, 6.07) is 7.74. The van der Waals surface area contributed by atoms with Gasteiger partial charge in [-0.1, -0.05) is 58.4 Å². The summed E-state index contributed by atoms with van der Waals surface area (Å²) in [5.41, 5.74) is 2.86. The molecule has 4 heteroatoms. The molecule has 0 N–H and O–H groups in total. The van der Waals surface area contributed by atoms with Crippen LogP contribution in [0.4, 0.5) is 0 Å². The number of halogens is 1. The molecule has 1 aromatic carbocycles. The average molecular weight is 374 g/mol. The van der Waals surface area contributed by atoms with Gasteiger partial charge in [0.25, 0.3) is 0 Å². The van der Waals surface area contributed by atoms with Crippen LogP contribution in [0.2, 0.25) is 0 Å². The highest BCUT2D eigenvalue weighted by atomic mass is 79.9. The Hall–Kier alpha value is -1.52. The fourth-order valence-electron chi connectivity index (χ4n) is 3.65. The first kappa shape index (κ1) is 16.3. The van der Waals surface area contributed by atoms with Crippen molar-refractivity contribution in [2.75, 3.05) is 6.54 Å². The predicted octanol–water partition coefficient (Wildman–Crippen LogP) is 3.52. The van der Waals surface area contributed by atoms with Gasteiger partial charge in [0.2, 0.25) is 0 Å². The second-order valence-electron chi connectivity index (χ2n) is 6.46. The minimum absolute atomic E-state index is 0.0270. The Bertz CT molecular complexity index is 705. The lowest BCUT2D eigenvalue weighted by Gasteiger charge is -2.33. The van der Waals surface area contributed by atoms with Crippen LogP contribution in [0.1, 0.15) is 24.5 Å². The maximum absolute atomic E-state index is 13.0. The molecule has 0 radical (unpaired) electrons. The molecule has 0 amide bonds. The van der Waals surface area contributed by atoms with Crippen LogP contribution in [0.3, 0.4) is 0 Å². The van der Waals surface area contributed by atoms with E-state index in [4.69, 9.17) is 0 Å². The summed E-state index contributed by atoms with van der Waals surface area (Å²) < 4.78 is 0.830. The SMILES string of the molecule is C=C(Br)CN1C2CC(C(C)=O)C1C=C(c1ccc(C)cc1)C2=O. The molecule has 3 atom stereocenters. The van der Waals surface area contributed by atoms with Crippen molar-refractivity contribution in [1.29, 1.82) is 0 Å². The first-order valence-electron chi connectivity index (χ1n) is 7.81. The van der Waals surface area contributed by atoms with E-state index in [0.717, 1.165) is 15.6 Å². The van der Waals surface area contributed by atoms with Gasteiger partial charge in [-0.3, -0.25) is 14.5 Å². The predicted molar refractivity (Wildman–Crippen MR) is 95.3 cm³/mol. The smallest absolute Gasteiger partial charge is 0.180 e. The van der Waals surface area contributed by atoms with Crippen molar-refractivity contribution in [3.63, 3.8) is 0 Å². The van der Waals surface area contributed by atoms with Gasteiger partial charge in [0.05, 0.1) is 6.04 Å². The Morgan fingerprint density at radius 1 is 1.35 bits per heavy atom. The van der Waals surface area contributed by atoms with Crippen molar-refractivity contribution in [2.24, 2.45) is 5.92 Å². The fraction of sp³-hybridized carbons (Fsp3) is 0.368. The van der Waals surface area contributed by atoms with Gasteiger partial charge >= 0.3 is 0 Å². The van der Waals surface area contributed by atoms with Crippen LogP contribution >= 0.6 is 15.9 Å². The van der Waals surface area contributed by atoms with Crippen molar-refractivity contribution in [2.45, 2.75) is 32.4 Å². The molecule has 3 nitrogen and oxygen atoms in total. The molecule has 23 heavy (non-hydrogen) atoms. The van der Waals surface area contributed by atoms with E-state index >= 15 is 0 Å². The monoisotopic (exact) mass is 373 g/mol. The topological polar surface area (TPSA) is 37.4 Å². The van der Waals surface area contributed by atoms with Crippen molar-refractivity contribution in [3.05, 3.63) is 52.5 Å². The number of nitrogens with zero attached hydrogens (tertiary/aromatic N) is 1. The summed E-state index contributed by atoms with van der Waals surface area (Å²) in [4.78, 5) is 27.1. The maximum atomic E-state index is 13.0. The van der Waals surface area contributed by atoms with Gasteiger partial charge in [-0.2, -0.15) is 0 Å². The highest BCUT2D eigenvalue weighted by Crippen LogP contribution is 2.40. The first-order valence-corrected chi connectivity index (χ1v) is 8.60. The fourth-order valence-corrected chi connectivity index (χ4v) is 3.94. The van der Waals surface area contributed by atoms with Crippen LogP contribution in [-0.2, 0) is 9.59 Å². The van der Waals surface area contributed by atoms with Gasteiger partial charge in [-0.15, -0.1) is 0 Å². The van der Waals surface area contributed by atoms with Gasteiger partial charge in [-0.05, 0) is 25.8 Å². The highest BCUT2D eigenvalue weighted by Gasteiger charge is 2.49. The number of Topliss-reactive ketones (excluding diaryl/α,β-unsaturated/α-hetero) is 2. The van der Waals surface area contributed by atoms with Crippen LogP contribution in [0.15, 0.2) is 41.4 Å². The van der Waals surface area contributed by atoms with Gasteiger partial charge in [0.1, 0.15) is 5.78 Å². The number of carbonyl (C=O) groups excluding carboxylic acids is 2. The van der Waals surface area contributed by atoms with E-state index in [1.165, 1.54) is 5.56 Å². The number of hydrogen-bond donors (Lipinski definition) is 0. The third kappa shape index (κ3) is 2.98. The van der Waals surface area contributed by atoms with Crippen molar-refractivity contribution < 1.29 is 9.59 Å². The molecule has 3 unspecified atom stereocenters. The number of aryl methyl sites for hydroxylation is 1. The van der Waals surface area contributed by atoms with Crippen LogP contribution in [0.25, 0.3) is 5.57 Å². The number of fused-ring (bicyclic) bond motifs is 2. The Morgan fingerprint density at radius 2 is 2.00 bits per heavy atom. The van der Waals surface area contributed by atoms with E-state index < -0.39 is 0 Å². The number of carbonyl (C=O) groups is 2. The molecule has 0 aromatic heterocycles. The van der Waals surface area contributed by atoms with E-state index in [2.05, 4.69) is 27.4 Å². The number of rotatable bonds is 4. The van der Waals surface area contributed by atoms with Gasteiger partial charge < -0.3 is 0 Å². The summed E-state index contributed by atoms with van der Waals surface area (Å²) in [6.45, 7) is 8.12. The molecule has 1 aromatic rings.